The van der Waals surface area contributed by atoms with E-state index in [1.54, 1.807) is 50.4 Å². The molecule has 2 amide bonds. The van der Waals surface area contributed by atoms with E-state index in [4.69, 9.17) is 21.1 Å². The highest BCUT2D eigenvalue weighted by atomic mass is 35.5. The van der Waals surface area contributed by atoms with Crippen molar-refractivity contribution in [2.24, 2.45) is 5.10 Å². The van der Waals surface area contributed by atoms with Gasteiger partial charge in [0.25, 0.3) is 0 Å². The zero-order valence-corrected chi connectivity index (χ0v) is 19.3. The fraction of sp³-hybridized carbons (Fsp3) is 0.160. The SMILES string of the molecule is COc1cc(/C=N/NC(=O)C(=O)Nc2cccc(Cl)c2C)ccc1OCc1ccc(C)cc1. The summed E-state index contributed by atoms with van der Waals surface area (Å²) in [5.74, 6) is -0.660. The van der Waals surface area contributed by atoms with E-state index < -0.39 is 11.8 Å². The second kappa shape index (κ2) is 11.2. The maximum absolute atomic E-state index is 12.1. The number of rotatable bonds is 7. The molecule has 0 aromatic heterocycles. The van der Waals surface area contributed by atoms with Gasteiger partial charge in [-0.3, -0.25) is 9.59 Å². The summed E-state index contributed by atoms with van der Waals surface area (Å²) in [5.41, 5.74) is 6.21. The Morgan fingerprint density at radius 3 is 2.48 bits per heavy atom. The lowest BCUT2D eigenvalue weighted by Crippen LogP contribution is -2.32. The van der Waals surface area contributed by atoms with Crippen molar-refractivity contribution in [3.05, 3.63) is 87.9 Å². The summed E-state index contributed by atoms with van der Waals surface area (Å²) in [4.78, 5) is 24.1. The number of nitrogens with one attached hydrogen (secondary N) is 2. The van der Waals surface area contributed by atoms with Gasteiger partial charge in [-0.15, -0.1) is 0 Å². The van der Waals surface area contributed by atoms with Crippen molar-refractivity contribution in [1.82, 2.24) is 5.43 Å². The number of aryl methyl sites for hydroxylation is 1. The molecule has 0 radical (unpaired) electrons. The second-order valence-electron chi connectivity index (χ2n) is 7.25. The first kappa shape index (κ1) is 23.8. The molecule has 0 bridgehead atoms. The third-order valence-corrected chi connectivity index (χ3v) is 5.21. The van der Waals surface area contributed by atoms with E-state index in [9.17, 15) is 9.59 Å². The number of ether oxygens (including phenoxy) is 2. The van der Waals surface area contributed by atoms with E-state index in [1.165, 1.54) is 11.8 Å². The van der Waals surface area contributed by atoms with Crippen molar-refractivity contribution in [2.75, 3.05) is 12.4 Å². The standard InChI is InChI=1S/C25H24ClN3O4/c1-16-7-9-18(10-8-16)15-33-22-12-11-19(13-23(22)32-3)14-27-29-25(31)24(30)28-21-6-4-5-20(26)17(21)2/h4-14H,15H2,1-3H3,(H,28,30)(H,29,31)/b27-14+. The monoisotopic (exact) mass is 465 g/mol. The minimum atomic E-state index is -0.907. The van der Waals surface area contributed by atoms with Crippen LogP contribution in [-0.4, -0.2) is 25.1 Å². The molecule has 0 atom stereocenters. The zero-order valence-electron chi connectivity index (χ0n) is 18.5. The number of nitrogens with zero attached hydrogens (tertiary/aromatic N) is 1. The summed E-state index contributed by atoms with van der Waals surface area (Å²) >= 11 is 6.03. The number of anilines is 1. The summed E-state index contributed by atoms with van der Waals surface area (Å²) in [6, 6.07) is 18.3. The van der Waals surface area contributed by atoms with Crippen LogP contribution in [0, 0.1) is 13.8 Å². The molecule has 0 fully saturated rings. The molecular formula is C25H24ClN3O4. The van der Waals surface area contributed by atoms with Crippen LogP contribution in [0.5, 0.6) is 11.5 Å². The van der Waals surface area contributed by atoms with Crippen LogP contribution in [-0.2, 0) is 16.2 Å². The average molecular weight is 466 g/mol. The highest BCUT2D eigenvalue weighted by Crippen LogP contribution is 2.28. The van der Waals surface area contributed by atoms with E-state index in [1.807, 2.05) is 31.2 Å². The molecule has 7 nitrogen and oxygen atoms in total. The van der Waals surface area contributed by atoms with Crippen molar-refractivity contribution in [3.63, 3.8) is 0 Å². The number of hydrogen-bond acceptors (Lipinski definition) is 5. The maximum Gasteiger partial charge on any atom is 0.329 e. The molecule has 0 saturated carbocycles. The van der Waals surface area contributed by atoms with Crippen LogP contribution in [0.1, 0.15) is 22.3 Å². The molecule has 0 aliphatic rings. The molecule has 0 aliphatic carbocycles. The highest BCUT2D eigenvalue weighted by molar-refractivity contribution is 6.40. The van der Waals surface area contributed by atoms with Crippen LogP contribution in [0.25, 0.3) is 0 Å². The first-order valence-corrected chi connectivity index (χ1v) is 10.5. The van der Waals surface area contributed by atoms with E-state index >= 15 is 0 Å². The molecule has 170 valence electrons. The van der Waals surface area contributed by atoms with E-state index in [-0.39, 0.29) is 0 Å². The van der Waals surface area contributed by atoms with Crippen LogP contribution < -0.4 is 20.2 Å². The predicted octanol–water partition coefficient (Wildman–Crippen LogP) is 4.63. The average Bonchev–Trinajstić information content (AvgIpc) is 2.81. The van der Waals surface area contributed by atoms with Gasteiger partial charge >= 0.3 is 11.8 Å². The van der Waals surface area contributed by atoms with Crippen LogP contribution in [0.2, 0.25) is 5.02 Å². The Bertz CT molecular complexity index is 1180. The predicted molar refractivity (Wildman–Crippen MR) is 129 cm³/mol. The maximum atomic E-state index is 12.1. The number of hydrazone groups is 1. The zero-order chi connectivity index (χ0) is 23.8. The van der Waals surface area contributed by atoms with Crippen molar-refractivity contribution in [3.8, 4) is 11.5 Å². The van der Waals surface area contributed by atoms with Gasteiger partial charge in [0.15, 0.2) is 11.5 Å². The second-order valence-corrected chi connectivity index (χ2v) is 7.66. The minimum absolute atomic E-state index is 0.404. The Morgan fingerprint density at radius 2 is 1.76 bits per heavy atom. The fourth-order valence-electron chi connectivity index (χ4n) is 2.87. The van der Waals surface area contributed by atoms with Gasteiger partial charge in [0.1, 0.15) is 6.61 Å². The molecule has 0 heterocycles. The molecular weight excluding hydrogens is 442 g/mol. The molecule has 2 N–H and O–H groups in total. The number of halogens is 1. The van der Waals surface area contributed by atoms with Crippen molar-refractivity contribution < 1.29 is 19.1 Å². The van der Waals surface area contributed by atoms with Gasteiger partial charge in [0.05, 0.1) is 13.3 Å². The van der Waals surface area contributed by atoms with E-state index in [0.717, 1.165) is 5.56 Å². The number of carbonyl (C=O) groups excluding carboxylic acids is 2. The van der Waals surface area contributed by atoms with Crippen LogP contribution in [0.15, 0.2) is 65.8 Å². The van der Waals surface area contributed by atoms with Gasteiger partial charge in [-0.1, -0.05) is 47.5 Å². The lowest BCUT2D eigenvalue weighted by atomic mass is 10.2. The van der Waals surface area contributed by atoms with Gasteiger partial charge in [0.2, 0.25) is 0 Å². The lowest BCUT2D eigenvalue weighted by Gasteiger charge is -2.11. The van der Waals surface area contributed by atoms with Crippen molar-refractivity contribution >= 4 is 35.3 Å². The number of methoxy groups -OCH3 is 1. The number of hydrogen-bond donors (Lipinski definition) is 2. The fourth-order valence-corrected chi connectivity index (χ4v) is 3.04. The molecule has 3 aromatic rings. The van der Waals surface area contributed by atoms with Gasteiger partial charge in [0, 0.05) is 10.7 Å². The third kappa shape index (κ3) is 6.57. The first-order chi connectivity index (χ1) is 15.9. The van der Waals surface area contributed by atoms with Crippen LogP contribution >= 0.6 is 11.6 Å². The highest BCUT2D eigenvalue weighted by Gasteiger charge is 2.14. The van der Waals surface area contributed by atoms with Gasteiger partial charge < -0.3 is 14.8 Å². The topological polar surface area (TPSA) is 89.0 Å². The smallest absolute Gasteiger partial charge is 0.329 e. The summed E-state index contributed by atoms with van der Waals surface area (Å²) < 4.78 is 11.3. The molecule has 0 spiro atoms. The van der Waals surface area contributed by atoms with E-state index in [0.29, 0.717) is 39.9 Å². The van der Waals surface area contributed by atoms with E-state index in [2.05, 4.69) is 15.8 Å². The van der Waals surface area contributed by atoms with Crippen molar-refractivity contribution in [2.45, 2.75) is 20.5 Å². The molecule has 0 unspecified atom stereocenters. The molecule has 8 heteroatoms. The molecule has 0 saturated heterocycles. The third-order valence-electron chi connectivity index (χ3n) is 4.80. The Morgan fingerprint density at radius 1 is 1.00 bits per heavy atom. The normalized spacial score (nSPS) is 10.7. The first-order valence-electron chi connectivity index (χ1n) is 10.1. The largest absolute Gasteiger partial charge is 0.493 e. The summed E-state index contributed by atoms with van der Waals surface area (Å²) in [5, 5.41) is 6.85. The summed E-state index contributed by atoms with van der Waals surface area (Å²) in [7, 11) is 1.54. The molecule has 0 aliphatic heterocycles. The Hall–Kier alpha value is -3.84. The molecule has 33 heavy (non-hydrogen) atoms. The quantitative estimate of drug-likeness (QED) is 0.302. The Labute approximate surface area is 197 Å². The van der Waals surface area contributed by atoms with Gasteiger partial charge in [-0.2, -0.15) is 5.10 Å². The Kier molecular flexibility index (Phi) is 8.05. The molecule has 3 rings (SSSR count). The van der Waals surface area contributed by atoms with Crippen LogP contribution in [0.4, 0.5) is 5.69 Å². The minimum Gasteiger partial charge on any atom is -0.493 e. The molecule has 3 aromatic carbocycles. The number of carbonyl (C=O) groups is 2. The number of benzene rings is 3. The summed E-state index contributed by atoms with van der Waals surface area (Å²) in [6.07, 6.45) is 1.40. The lowest BCUT2D eigenvalue weighted by molar-refractivity contribution is -0.136. The van der Waals surface area contributed by atoms with Gasteiger partial charge in [-0.25, -0.2) is 5.43 Å². The Balaban J connectivity index is 1.57. The summed E-state index contributed by atoms with van der Waals surface area (Å²) in [6.45, 7) is 4.18. The van der Waals surface area contributed by atoms with Gasteiger partial charge in [-0.05, 0) is 60.9 Å². The number of amides is 2. The van der Waals surface area contributed by atoms with Crippen molar-refractivity contribution in [1.29, 1.82) is 0 Å². The van der Waals surface area contributed by atoms with Crippen LogP contribution in [0.3, 0.4) is 0 Å².